The number of hydrogen-bond donors (Lipinski definition) is 1. The zero-order valence-corrected chi connectivity index (χ0v) is 16.0. The lowest BCUT2D eigenvalue weighted by atomic mass is 10.2. The van der Waals surface area contributed by atoms with E-state index in [1.807, 2.05) is 32.6 Å². The van der Waals surface area contributed by atoms with Gasteiger partial charge in [0.1, 0.15) is 18.8 Å². The molecule has 0 atom stereocenters. The highest BCUT2D eigenvalue weighted by Crippen LogP contribution is 2.07. The molecule has 0 unspecified atom stereocenters. The molecule has 0 heterocycles. The van der Waals surface area contributed by atoms with Crippen LogP contribution in [0.3, 0.4) is 0 Å². The quantitative estimate of drug-likeness (QED) is 0.354. The van der Waals surface area contributed by atoms with Gasteiger partial charge in [0.15, 0.2) is 0 Å². The van der Waals surface area contributed by atoms with Gasteiger partial charge in [0, 0.05) is 13.1 Å². The van der Waals surface area contributed by atoms with Gasteiger partial charge in [0.05, 0.1) is 26.4 Å². The van der Waals surface area contributed by atoms with Crippen molar-refractivity contribution in [1.82, 2.24) is 4.90 Å². The molecule has 0 radical (unpaired) electrons. The second-order valence-corrected chi connectivity index (χ2v) is 6.54. The van der Waals surface area contributed by atoms with Crippen molar-refractivity contribution in [2.24, 2.45) is 5.73 Å². The molecule has 8 nitrogen and oxygen atoms in total. The Balaban J connectivity index is 3.91. The molecule has 0 aliphatic rings. The summed E-state index contributed by atoms with van der Waals surface area (Å²) in [4.78, 5) is 25.3. The third-order valence-electron chi connectivity index (χ3n) is 2.84. The van der Waals surface area contributed by atoms with Crippen LogP contribution in [0.5, 0.6) is 0 Å². The van der Waals surface area contributed by atoms with E-state index in [-0.39, 0.29) is 25.7 Å². The molecule has 148 valence electrons. The van der Waals surface area contributed by atoms with Gasteiger partial charge in [-0.3, -0.25) is 9.69 Å². The number of nitrogens with two attached hydrogens (primary N) is 1. The molecule has 0 fully saturated rings. The minimum absolute atomic E-state index is 0.119. The van der Waals surface area contributed by atoms with E-state index in [0.717, 1.165) is 13.0 Å². The zero-order valence-electron chi connectivity index (χ0n) is 16.0. The number of ether oxygens (including phenoxy) is 4. The Kier molecular flexibility index (Phi) is 13.3. The van der Waals surface area contributed by atoms with E-state index in [9.17, 15) is 9.59 Å². The van der Waals surface area contributed by atoms with Crippen molar-refractivity contribution in [1.29, 1.82) is 0 Å². The summed E-state index contributed by atoms with van der Waals surface area (Å²) in [6.07, 6.45) is 0.892. The van der Waals surface area contributed by atoms with Crippen LogP contribution < -0.4 is 5.73 Å². The van der Waals surface area contributed by atoms with Crippen LogP contribution in [-0.4, -0.2) is 81.7 Å². The minimum atomic E-state index is -0.507. The van der Waals surface area contributed by atoms with Crippen molar-refractivity contribution in [2.75, 3.05) is 59.2 Å². The molecule has 0 aromatic rings. The molecule has 0 amide bonds. The lowest BCUT2D eigenvalue weighted by Gasteiger charge is -2.24. The maximum atomic E-state index is 11.9. The van der Waals surface area contributed by atoms with E-state index in [1.54, 1.807) is 0 Å². The van der Waals surface area contributed by atoms with E-state index in [0.29, 0.717) is 32.9 Å². The Morgan fingerprint density at radius 3 is 2.24 bits per heavy atom. The van der Waals surface area contributed by atoms with Gasteiger partial charge in [-0.15, -0.1) is 0 Å². The van der Waals surface area contributed by atoms with Gasteiger partial charge in [-0.1, -0.05) is 6.92 Å². The largest absolute Gasteiger partial charge is 0.463 e. The van der Waals surface area contributed by atoms with E-state index >= 15 is 0 Å². The zero-order chi connectivity index (χ0) is 19.1. The first-order valence-electron chi connectivity index (χ1n) is 8.74. The van der Waals surface area contributed by atoms with Gasteiger partial charge in [0.2, 0.25) is 0 Å². The smallest absolute Gasteiger partial charge is 0.332 e. The molecule has 0 spiro atoms. The van der Waals surface area contributed by atoms with Crippen LogP contribution in [0.25, 0.3) is 0 Å². The third-order valence-corrected chi connectivity index (χ3v) is 2.84. The average molecular weight is 362 g/mol. The summed E-state index contributed by atoms with van der Waals surface area (Å²) < 4.78 is 20.7. The molecule has 0 aromatic carbocycles. The molecule has 0 rings (SSSR count). The summed E-state index contributed by atoms with van der Waals surface area (Å²) in [6, 6.07) is 0. The molecule has 0 saturated carbocycles. The molecule has 2 N–H and O–H groups in total. The molecule has 0 aromatic heterocycles. The van der Waals surface area contributed by atoms with Crippen molar-refractivity contribution < 1.29 is 28.5 Å². The van der Waals surface area contributed by atoms with E-state index in [1.165, 1.54) is 0 Å². The average Bonchev–Trinajstić information content (AvgIpc) is 2.49. The highest BCUT2D eigenvalue weighted by atomic mass is 16.6. The van der Waals surface area contributed by atoms with Crippen molar-refractivity contribution in [3.8, 4) is 0 Å². The number of rotatable bonds is 14. The fourth-order valence-corrected chi connectivity index (χ4v) is 1.93. The van der Waals surface area contributed by atoms with Gasteiger partial charge < -0.3 is 24.7 Å². The van der Waals surface area contributed by atoms with Crippen LogP contribution in [0.15, 0.2) is 0 Å². The third kappa shape index (κ3) is 16.0. The van der Waals surface area contributed by atoms with Crippen molar-refractivity contribution in [3.63, 3.8) is 0 Å². The van der Waals surface area contributed by atoms with Crippen LogP contribution in [0, 0.1) is 0 Å². The lowest BCUT2D eigenvalue weighted by Crippen LogP contribution is -2.37. The number of hydrogen-bond acceptors (Lipinski definition) is 8. The van der Waals surface area contributed by atoms with Crippen LogP contribution in [0.1, 0.15) is 34.1 Å². The normalized spacial score (nSPS) is 11.6. The van der Waals surface area contributed by atoms with Crippen molar-refractivity contribution in [2.45, 2.75) is 39.7 Å². The highest BCUT2D eigenvalue weighted by Gasteiger charge is 2.18. The summed E-state index contributed by atoms with van der Waals surface area (Å²) in [7, 11) is 0. The molecule has 0 bridgehead atoms. The number of esters is 2. The van der Waals surface area contributed by atoms with Crippen LogP contribution in [0.2, 0.25) is 0 Å². The van der Waals surface area contributed by atoms with Gasteiger partial charge in [-0.25, -0.2) is 4.79 Å². The molecule has 8 heteroatoms. The number of nitrogens with zero attached hydrogens (tertiary/aromatic N) is 1. The molecular weight excluding hydrogens is 328 g/mol. The predicted molar refractivity (Wildman–Crippen MR) is 94.2 cm³/mol. The van der Waals surface area contributed by atoms with E-state index < -0.39 is 11.6 Å². The Bertz CT molecular complexity index is 371. The summed E-state index contributed by atoms with van der Waals surface area (Å²) >= 11 is 0. The van der Waals surface area contributed by atoms with E-state index in [2.05, 4.69) is 0 Å². The van der Waals surface area contributed by atoms with Crippen LogP contribution >= 0.6 is 0 Å². The summed E-state index contributed by atoms with van der Waals surface area (Å²) in [6.45, 7) is 10.6. The summed E-state index contributed by atoms with van der Waals surface area (Å²) in [5.74, 6) is -0.722. The first-order valence-corrected chi connectivity index (χ1v) is 8.74. The fourth-order valence-electron chi connectivity index (χ4n) is 1.93. The molecule has 0 saturated heterocycles. The topological polar surface area (TPSA) is 100 Å². The first-order chi connectivity index (χ1) is 11.8. The minimum Gasteiger partial charge on any atom is -0.463 e. The summed E-state index contributed by atoms with van der Waals surface area (Å²) in [5, 5.41) is 0. The van der Waals surface area contributed by atoms with Gasteiger partial charge in [-0.05, 0) is 33.7 Å². The van der Waals surface area contributed by atoms with E-state index in [4.69, 9.17) is 24.7 Å². The second kappa shape index (κ2) is 14.0. The Labute approximate surface area is 150 Å². The Hall–Kier alpha value is -1.22. The molecule has 0 aliphatic heterocycles. The Morgan fingerprint density at radius 1 is 0.960 bits per heavy atom. The maximum absolute atomic E-state index is 11.9. The second-order valence-electron chi connectivity index (χ2n) is 6.54. The lowest BCUT2D eigenvalue weighted by molar-refractivity contribution is -0.156. The van der Waals surface area contributed by atoms with Gasteiger partial charge in [-0.2, -0.15) is 0 Å². The van der Waals surface area contributed by atoms with Crippen LogP contribution in [-0.2, 0) is 28.5 Å². The van der Waals surface area contributed by atoms with Gasteiger partial charge >= 0.3 is 11.9 Å². The van der Waals surface area contributed by atoms with Crippen molar-refractivity contribution in [3.05, 3.63) is 0 Å². The maximum Gasteiger partial charge on any atom is 0.332 e. The van der Waals surface area contributed by atoms with Crippen molar-refractivity contribution >= 4 is 11.9 Å². The first kappa shape index (κ1) is 23.8. The molecule has 0 aliphatic carbocycles. The summed E-state index contributed by atoms with van der Waals surface area (Å²) in [5.41, 5.74) is 4.77. The standard InChI is InChI=1S/C17H34N2O6/c1-5-7-19(13-15(20)25-17(2,3)4)8-10-24-16(21)14-23-12-11-22-9-6-18/h5-14,18H2,1-4H3. The van der Waals surface area contributed by atoms with Crippen LogP contribution in [0.4, 0.5) is 0 Å². The molecular formula is C17H34N2O6. The highest BCUT2D eigenvalue weighted by molar-refractivity contribution is 5.72. The van der Waals surface area contributed by atoms with Gasteiger partial charge in [0.25, 0.3) is 0 Å². The number of carbonyl (C=O) groups excluding carboxylic acids is 2. The fraction of sp³-hybridized carbons (Fsp3) is 0.882. The molecule has 25 heavy (non-hydrogen) atoms. The number of carbonyl (C=O) groups is 2. The SMILES string of the molecule is CCCN(CCOC(=O)COCCOCCN)CC(=O)OC(C)(C)C. The Morgan fingerprint density at radius 2 is 1.64 bits per heavy atom. The monoisotopic (exact) mass is 362 g/mol. The predicted octanol–water partition coefficient (Wildman–Crippen LogP) is 0.575.